The predicted octanol–water partition coefficient (Wildman–Crippen LogP) is 1.28. The lowest BCUT2D eigenvalue weighted by molar-refractivity contribution is -0.147. The lowest BCUT2D eigenvalue weighted by atomic mass is 9.88. The summed E-state index contributed by atoms with van der Waals surface area (Å²) in [4.78, 5) is 10.7. The van der Waals surface area contributed by atoms with Crippen molar-refractivity contribution in [3.63, 3.8) is 0 Å². The van der Waals surface area contributed by atoms with Crippen LogP contribution in [0.5, 0.6) is 0 Å². The molecule has 84 valence electrons. The van der Waals surface area contributed by atoms with Crippen LogP contribution in [0.15, 0.2) is 0 Å². The number of hydrogen-bond acceptors (Lipinski definition) is 3. The molecule has 0 bridgehead atoms. The lowest BCUT2D eigenvalue weighted by Crippen LogP contribution is -2.23. The number of rotatable bonds is 8. The molecule has 0 aliphatic rings. The van der Waals surface area contributed by atoms with Gasteiger partial charge in [0.1, 0.15) is 0 Å². The summed E-state index contributed by atoms with van der Waals surface area (Å²) in [6.45, 7) is 4.67. The largest absolute Gasteiger partial charge is 0.481 e. The van der Waals surface area contributed by atoms with Crippen LogP contribution in [0.1, 0.15) is 33.1 Å². The first-order chi connectivity index (χ1) is 6.50. The maximum Gasteiger partial charge on any atom is 0.309 e. The van der Waals surface area contributed by atoms with Gasteiger partial charge in [-0.2, -0.15) is 0 Å². The van der Waals surface area contributed by atoms with Crippen LogP contribution in [0.25, 0.3) is 0 Å². The quantitative estimate of drug-likeness (QED) is 0.584. The first kappa shape index (κ1) is 13.4. The fraction of sp³-hybridized carbons (Fsp3) is 0.900. The molecule has 0 saturated carbocycles. The van der Waals surface area contributed by atoms with E-state index < -0.39 is 11.4 Å². The number of aliphatic hydroxyl groups is 1. The van der Waals surface area contributed by atoms with E-state index >= 15 is 0 Å². The molecule has 4 heteroatoms. The number of carbonyl (C=O) groups is 1. The fourth-order valence-corrected chi connectivity index (χ4v) is 0.992. The van der Waals surface area contributed by atoms with E-state index in [1.54, 1.807) is 13.8 Å². The maximum atomic E-state index is 10.7. The summed E-state index contributed by atoms with van der Waals surface area (Å²) in [5, 5.41) is 17.3. The second kappa shape index (κ2) is 6.79. The molecule has 0 aliphatic heterocycles. The molecule has 4 nitrogen and oxygen atoms in total. The summed E-state index contributed by atoms with van der Waals surface area (Å²) in [6.07, 6.45) is 1.99. The SMILES string of the molecule is CC(C)(CCCOCCCO)C(=O)O. The van der Waals surface area contributed by atoms with Gasteiger partial charge in [0, 0.05) is 19.8 Å². The Bertz CT molecular complexity index is 166. The molecule has 0 aromatic carbocycles. The van der Waals surface area contributed by atoms with Crippen molar-refractivity contribution in [2.45, 2.75) is 33.1 Å². The second-order valence-corrected chi connectivity index (χ2v) is 3.98. The molecule has 0 amide bonds. The fourth-order valence-electron chi connectivity index (χ4n) is 0.992. The summed E-state index contributed by atoms with van der Waals surface area (Å²) in [6, 6.07) is 0. The average molecular weight is 204 g/mol. The van der Waals surface area contributed by atoms with Crippen LogP contribution in [0, 0.1) is 5.41 Å². The van der Waals surface area contributed by atoms with Crippen molar-refractivity contribution in [1.29, 1.82) is 0 Å². The standard InChI is InChI=1S/C10H20O4/c1-10(2,9(12)13)5-3-7-14-8-4-6-11/h11H,3-8H2,1-2H3,(H,12,13). The van der Waals surface area contributed by atoms with Crippen LogP contribution >= 0.6 is 0 Å². The van der Waals surface area contributed by atoms with Crippen LogP contribution in [0.4, 0.5) is 0 Å². The average Bonchev–Trinajstić information content (AvgIpc) is 2.10. The minimum atomic E-state index is -0.771. The molecule has 0 radical (unpaired) electrons. The second-order valence-electron chi connectivity index (χ2n) is 3.98. The zero-order valence-corrected chi connectivity index (χ0v) is 8.95. The van der Waals surface area contributed by atoms with Gasteiger partial charge in [0.2, 0.25) is 0 Å². The molecule has 0 aromatic heterocycles. The Morgan fingerprint density at radius 1 is 1.29 bits per heavy atom. The molecule has 0 atom stereocenters. The summed E-state index contributed by atoms with van der Waals surface area (Å²) < 4.78 is 5.20. The third-order valence-corrected chi connectivity index (χ3v) is 2.12. The Balaban J connectivity index is 3.40. The minimum Gasteiger partial charge on any atom is -0.481 e. The normalized spacial score (nSPS) is 11.6. The van der Waals surface area contributed by atoms with Gasteiger partial charge in [-0.1, -0.05) is 0 Å². The molecule has 14 heavy (non-hydrogen) atoms. The van der Waals surface area contributed by atoms with Crippen LogP contribution in [0.2, 0.25) is 0 Å². The van der Waals surface area contributed by atoms with Crippen molar-refractivity contribution in [2.75, 3.05) is 19.8 Å². The molecule has 0 rings (SSSR count). The van der Waals surface area contributed by atoms with Gasteiger partial charge in [-0.05, 0) is 33.1 Å². The van der Waals surface area contributed by atoms with Crippen molar-refractivity contribution in [3.05, 3.63) is 0 Å². The van der Waals surface area contributed by atoms with E-state index in [9.17, 15) is 4.79 Å². The monoisotopic (exact) mass is 204 g/mol. The predicted molar refractivity (Wildman–Crippen MR) is 53.2 cm³/mol. The first-order valence-corrected chi connectivity index (χ1v) is 4.92. The summed E-state index contributed by atoms with van der Waals surface area (Å²) in [5.74, 6) is -0.771. The summed E-state index contributed by atoms with van der Waals surface area (Å²) in [5.41, 5.74) is -0.666. The Morgan fingerprint density at radius 2 is 1.86 bits per heavy atom. The first-order valence-electron chi connectivity index (χ1n) is 4.92. The van der Waals surface area contributed by atoms with Crippen LogP contribution in [-0.2, 0) is 9.53 Å². The third-order valence-electron chi connectivity index (χ3n) is 2.12. The van der Waals surface area contributed by atoms with Crippen LogP contribution in [0.3, 0.4) is 0 Å². The molecule has 0 aromatic rings. The molecular weight excluding hydrogens is 184 g/mol. The van der Waals surface area contributed by atoms with E-state index in [4.69, 9.17) is 14.9 Å². The van der Waals surface area contributed by atoms with Gasteiger partial charge in [-0.15, -0.1) is 0 Å². The van der Waals surface area contributed by atoms with Crippen molar-refractivity contribution in [2.24, 2.45) is 5.41 Å². The van der Waals surface area contributed by atoms with Gasteiger partial charge in [-0.3, -0.25) is 4.79 Å². The van der Waals surface area contributed by atoms with E-state index in [-0.39, 0.29) is 6.61 Å². The number of aliphatic carboxylic acids is 1. The molecular formula is C10H20O4. The highest BCUT2D eigenvalue weighted by molar-refractivity contribution is 5.73. The Morgan fingerprint density at radius 3 is 2.36 bits per heavy atom. The molecule has 2 N–H and O–H groups in total. The van der Waals surface area contributed by atoms with Gasteiger partial charge in [-0.25, -0.2) is 0 Å². The van der Waals surface area contributed by atoms with E-state index in [0.717, 1.165) is 6.42 Å². The van der Waals surface area contributed by atoms with E-state index in [2.05, 4.69) is 0 Å². The van der Waals surface area contributed by atoms with Crippen molar-refractivity contribution >= 4 is 5.97 Å². The Labute approximate surface area is 84.9 Å². The van der Waals surface area contributed by atoms with Crippen LogP contribution < -0.4 is 0 Å². The minimum absolute atomic E-state index is 0.140. The van der Waals surface area contributed by atoms with Crippen molar-refractivity contribution in [1.82, 2.24) is 0 Å². The van der Waals surface area contributed by atoms with Crippen LogP contribution in [-0.4, -0.2) is 36.0 Å². The maximum absolute atomic E-state index is 10.7. The Hall–Kier alpha value is -0.610. The summed E-state index contributed by atoms with van der Waals surface area (Å²) >= 11 is 0. The van der Waals surface area contributed by atoms with Crippen molar-refractivity contribution in [3.8, 4) is 0 Å². The molecule has 0 heterocycles. The van der Waals surface area contributed by atoms with Gasteiger partial charge < -0.3 is 14.9 Å². The molecule has 0 spiro atoms. The number of carboxylic acid groups (broad SMARTS) is 1. The summed E-state index contributed by atoms with van der Waals surface area (Å²) in [7, 11) is 0. The topological polar surface area (TPSA) is 66.8 Å². The van der Waals surface area contributed by atoms with Gasteiger partial charge in [0.15, 0.2) is 0 Å². The zero-order chi connectivity index (χ0) is 11.0. The molecule has 0 saturated heterocycles. The van der Waals surface area contributed by atoms with Gasteiger partial charge >= 0.3 is 5.97 Å². The Kier molecular flexibility index (Phi) is 6.49. The number of ether oxygens (including phenoxy) is 1. The van der Waals surface area contributed by atoms with Gasteiger partial charge in [0.05, 0.1) is 5.41 Å². The number of hydrogen-bond donors (Lipinski definition) is 2. The number of carboxylic acids is 1. The highest BCUT2D eigenvalue weighted by atomic mass is 16.5. The molecule has 0 unspecified atom stereocenters. The van der Waals surface area contributed by atoms with Gasteiger partial charge in [0.25, 0.3) is 0 Å². The molecule has 0 fully saturated rings. The van der Waals surface area contributed by atoms with Crippen molar-refractivity contribution < 1.29 is 19.7 Å². The molecule has 0 aliphatic carbocycles. The third kappa shape index (κ3) is 5.94. The smallest absolute Gasteiger partial charge is 0.309 e. The highest BCUT2D eigenvalue weighted by Crippen LogP contribution is 2.22. The number of aliphatic hydroxyl groups excluding tert-OH is 1. The van der Waals surface area contributed by atoms with E-state index in [1.807, 2.05) is 0 Å². The zero-order valence-electron chi connectivity index (χ0n) is 8.95. The highest BCUT2D eigenvalue weighted by Gasteiger charge is 2.25. The van der Waals surface area contributed by atoms with E-state index in [0.29, 0.717) is 26.1 Å². The van der Waals surface area contributed by atoms with E-state index in [1.165, 1.54) is 0 Å². The lowest BCUT2D eigenvalue weighted by Gasteiger charge is -2.18.